The highest BCUT2D eigenvalue weighted by Gasteiger charge is 2.33. The van der Waals surface area contributed by atoms with Gasteiger partial charge in [0.15, 0.2) is 9.84 Å². The number of pyridine rings is 1. The summed E-state index contributed by atoms with van der Waals surface area (Å²) in [5, 5.41) is 0.267. The number of alkyl halides is 3. The maximum atomic E-state index is 14.9. The highest BCUT2D eigenvalue weighted by Crippen LogP contribution is 2.39. The number of halogens is 5. The molecule has 176 valence electrons. The minimum Gasteiger partial charge on any atom is -0.255 e. The second-order valence-corrected chi connectivity index (χ2v) is 10.0. The number of para-hydroxylation sites is 1. The second kappa shape index (κ2) is 8.47. The van der Waals surface area contributed by atoms with Crippen LogP contribution in [0.2, 0.25) is 0 Å². The topological polar surface area (TPSA) is 47.0 Å². The Kier molecular flexibility index (Phi) is 5.93. The molecule has 0 saturated heterocycles. The molecule has 0 bridgehead atoms. The van der Waals surface area contributed by atoms with Crippen molar-refractivity contribution in [3.63, 3.8) is 0 Å². The summed E-state index contributed by atoms with van der Waals surface area (Å²) in [4.78, 5) is 3.27. The molecule has 0 aliphatic heterocycles. The predicted octanol–water partition coefficient (Wildman–Crippen LogP) is 6.97. The number of sulfone groups is 1. The smallest absolute Gasteiger partial charge is 0.255 e. The summed E-state index contributed by atoms with van der Waals surface area (Å²) >= 11 is 0. The average molecular weight is 491 g/mol. The standard InChI is InChI=1S/C25H18F5NO2S/c1-3-34(32,33)22-12-20(26)18(11-21(22)27)15-6-4-7-16(10-15)23-14(2)13-31-24-17(23)8-5-9-19(24)25(28,29)30/h4-13H,3H2,1-2H3. The molecule has 3 nitrogen and oxygen atoms in total. The Bertz CT molecular complexity index is 1530. The van der Waals surface area contributed by atoms with Gasteiger partial charge < -0.3 is 0 Å². The van der Waals surface area contributed by atoms with Gasteiger partial charge in [0.2, 0.25) is 0 Å². The fourth-order valence-electron chi connectivity index (χ4n) is 3.92. The van der Waals surface area contributed by atoms with Gasteiger partial charge in [-0.25, -0.2) is 17.2 Å². The summed E-state index contributed by atoms with van der Waals surface area (Å²) < 4.78 is 94.0. The third kappa shape index (κ3) is 4.16. The lowest BCUT2D eigenvalue weighted by atomic mass is 9.93. The van der Waals surface area contributed by atoms with Gasteiger partial charge in [-0.1, -0.05) is 37.3 Å². The minimum absolute atomic E-state index is 0.165. The first-order chi connectivity index (χ1) is 15.9. The molecule has 1 aromatic heterocycles. The lowest BCUT2D eigenvalue weighted by Crippen LogP contribution is -2.07. The van der Waals surface area contributed by atoms with Crippen LogP contribution in [0.5, 0.6) is 0 Å². The zero-order valence-corrected chi connectivity index (χ0v) is 18.9. The molecular weight excluding hydrogens is 473 g/mol. The molecule has 4 aromatic rings. The van der Waals surface area contributed by atoms with Crippen molar-refractivity contribution in [1.29, 1.82) is 0 Å². The molecule has 0 spiro atoms. The Labute approximate surface area is 192 Å². The predicted molar refractivity (Wildman–Crippen MR) is 120 cm³/mol. The van der Waals surface area contributed by atoms with E-state index in [1.807, 2.05) is 0 Å². The SMILES string of the molecule is CCS(=O)(=O)c1cc(F)c(-c2cccc(-c3c(C)cnc4c(C(F)(F)F)cccc34)c2)cc1F. The van der Waals surface area contributed by atoms with Crippen LogP contribution in [0.1, 0.15) is 18.1 Å². The van der Waals surface area contributed by atoms with Crippen LogP contribution in [0, 0.1) is 18.6 Å². The van der Waals surface area contributed by atoms with E-state index in [0.29, 0.717) is 22.8 Å². The van der Waals surface area contributed by atoms with Gasteiger partial charge in [0.25, 0.3) is 0 Å². The molecule has 34 heavy (non-hydrogen) atoms. The normalized spacial score (nSPS) is 12.3. The van der Waals surface area contributed by atoms with Crippen molar-refractivity contribution in [2.45, 2.75) is 24.9 Å². The maximum Gasteiger partial charge on any atom is 0.418 e. The molecular formula is C25H18F5NO2S. The summed E-state index contributed by atoms with van der Waals surface area (Å²) in [6.07, 6.45) is -3.26. The Morgan fingerprint density at radius 3 is 2.26 bits per heavy atom. The minimum atomic E-state index is -4.60. The number of benzene rings is 3. The van der Waals surface area contributed by atoms with E-state index >= 15 is 0 Å². The van der Waals surface area contributed by atoms with Crippen LogP contribution in [0.15, 0.2) is 65.7 Å². The second-order valence-electron chi connectivity index (χ2n) is 7.76. The van der Waals surface area contributed by atoms with Crippen LogP contribution in [-0.4, -0.2) is 19.2 Å². The van der Waals surface area contributed by atoms with E-state index in [1.54, 1.807) is 19.1 Å². The highest BCUT2D eigenvalue weighted by atomic mass is 32.2. The third-order valence-electron chi connectivity index (χ3n) is 5.59. The van der Waals surface area contributed by atoms with Gasteiger partial charge >= 0.3 is 6.18 Å². The Morgan fingerprint density at radius 2 is 1.59 bits per heavy atom. The molecule has 9 heteroatoms. The van der Waals surface area contributed by atoms with Crippen LogP contribution in [0.4, 0.5) is 22.0 Å². The quantitative estimate of drug-likeness (QED) is 0.290. The molecule has 4 rings (SSSR count). The van der Waals surface area contributed by atoms with Crippen LogP contribution in [0.3, 0.4) is 0 Å². The summed E-state index contributed by atoms with van der Waals surface area (Å²) in [5.74, 6) is -2.39. The van der Waals surface area contributed by atoms with E-state index in [2.05, 4.69) is 4.98 Å². The first kappa shape index (κ1) is 23.8. The van der Waals surface area contributed by atoms with Crippen molar-refractivity contribution >= 4 is 20.7 Å². The van der Waals surface area contributed by atoms with E-state index in [9.17, 15) is 30.4 Å². The van der Waals surface area contributed by atoms with E-state index in [4.69, 9.17) is 0 Å². The molecule has 0 fully saturated rings. The van der Waals surface area contributed by atoms with Crippen molar-refractivity contribution in [2.75, 3.05) is 5.75 Å². The monoisotopic (exact) mass is 491 g/mol. The molecule has 0 aliphatic rings. The lowest BCUT2D eigenvalue weighted by molar-refractivity contribution is -0.136. The van der Waals surface area contributed by atoms with Gasteiger partial charge in [0, 0.05) is 17.1 Å². The number of aryl methyl sites for hydroxylation is 1. The zero-order chi connectivity index (χ0) is 24.8. The first-order valence-corrected chi connectivity index (χ1v) is 11.9. The van der Waals surface area contributed by atoms with Crippen molar-refractivity contribution < 1.29 is 30.4 Å². The van der Waals surface area contributed by atoms with Gasteiger partial charge in [-0.15, -0.1) is 0 Å². The lowest BCUT2D eigenvalue weighted by Gasteiger charge is -2.15. The number of aromatic nitrogens is 1. The Hall–Kier alpha value is -3.33. The fourth-order valence-corrected chi connectivity index (χ4v) is 4.87. The number of nitrogens with zero attached hydrogens (tertiary/aromatic N) is 1. The first-order valence-electron chi connectivity index (χ1n) is 10.2. The van der Waals surface area contributed by atoms with Crippen LogP contribution < -0.4 is 0 Å². The van der Waals surface area contributed by atoms with Crippen molar-refractivity contribution in [3.05, 3.63) is 83.6 Å². The van der Waals surface area contributed by atoms with Gasteiger partial charge in [-0.05, 0) is 53.4 Å². The van der Waals surface area contributed by atoms with E-state index in [-0.39, 0.29) is 27.8 Å². The summed E-state index contributed by atoms with van der Waals surface area (Å²) in [6.45, 7) is 3.02. The molecule has 3 aromatic carbocycles. The average Bonchev–Trinajstić information content (AvgIpc) is 2.79. The maximum absolute atomic E-state index is 14.9. The highest BCUT2D eigenvalue weighted by molar-refractivity contribution is 7.91. The summed E-state index contributed by atoms with van der Waals surface area (Å²) in [5.41, 5.74) is 0.540. The van der Waals surface area contributed by atoms with E-state index in [1.165, 1.54) is 37.4 Å². The Balaban J connectivity index is 1.92. The summed E-state index contributed by atoms with van der Waals surface area (Å²) in [6, 6.07) is 11.5. The van der Waals surface area contributed by atoms with Crippen molar-refractivity contribution in [3.8, 4) is 22.3 Å². The zero-order valence-electron chi connectivity index (χ0n) is 18.0. The fraction of sp³-hybridized carbons (Fsp3) is 0.160. The van der Waals surface area contributed by atoms with Crippen LogP contribution in [-0.2, 0) is 16.0 Å². The molecule has 0 amide bonds. The van der Waals surface area contributed by atoms with Crippen LogP contribution in [0.25, 0.3) is 33.2 Å². The molecule has 0 unspecified atom stereocenters. The van der Waals surface area contributed by atoms with E-state index < -0.39 is 38.1 Å². The third-order valence-corrected chi connectivity index (χ3v) is 7.33. The molecule has 0 radical (unpaired) electrons. The van der Waals surface area contributed by atoms with Gasteiger partial charge in [-0.2, -0.15) is 13.2 Å². The van der Waals surface area contributed by atoms with Gasteiger partial charge in [0.1, 0.15) is 16.5 Å². The number of rotatable bonds is 4. The molecule has 0 N–H and O–H groups in total. The number of fused-ring (bicyclic) bond motifs is 1. The molecule has 0 aliphatic carbocycles. The Morgan fingerprint density at radius 1 is 0.912 bits per heavy atom. The van der Waals surface area contributed by atoms with Crippen molar-refractivity contribution in [1.82, 2.24) is 4.98 Å². The van der Waals surface area contributed by atoms with Crippen molar-refractivity contribution in [2.24, 2.45) is 0 Å². The summed E-state index contributed by atoms with van der Waals surface area (Å²) in [7, 11) is -3.96. The number of hydrogen-bond acceptors (Lipinski definition) is 3. The van der Waals surface area contributed by atoms with Gasteiger partial charge in [0.05, 0.1) is 16.8 Å². The molecule has 1 heterocycles. The van der Waals surface area contributed by atoms with Gasteiger partial charge in [-0.3, -0.25) is 4.98 Å². The van der Waals surface area contributed by atoms with Crippen LogP contribution >= 0.6 is 0 Å². The largest absolute Gasteiger partial charge is 0.418 e. The number of hydrogen-bond donors (Lipinski definition) is 0. The molecule has 0 saturated carbocycles. The van der Waals surface area contributed by atoms with E-state index in [0.717, 1.165) is 12.1 Å². The molecule has 0 atom stereocenters.